The van der Waals surface area contributed by atoms with Crippen LogP contribution in [0.1, 0.15) is 18.9 Å². The molecule has 1 aliphatic rings. The van der Waals surface area contributed by atoms with Crippen LogP contribution in [-0.2, 0) is 9.59 Å². The van der Waals surface area contributed by atoms with Gasteiger partial charge in [0.15, 0.2) is 0 Å². The number of allylic oxidation sites excluding steroid dienone is 2. The fraction of sp³-hybridized carbons (Fsp3) is 0.188. The van der Waals surface area contributed by atoms with Crippen LogP contribution >= 0.6 is 11.8 Å². The van der Waals surface area contributed by atoms with Gasteiger partial charge in [0.25, 0.3) is 11.1 Å². The monoisotopic (exact) mass is 316 g/mol. The van der Waals surface area contributed by atoms with Crippen LogP contribution in [0.15, 0.2) is 46.9 Å². The second-order valence-electron chi connectivity index (χ2n) is 4.75. The number of benzene rings is 1. The number of carboxylic acid groups (broad SMARTS) is 1. The van der Waals surface area contributed by atoms with Crippen molar-refractivity contribution >= 4 is 35.0 Å². The van der Waals surface area contributed by atoms with E-state index in [1.807, 2.05) is 43.3 Å². The van der Waals surface area contributed by atoms with E-state index in [0.717, 1.165) is 27.8 Å². The molecular weight excluding hydrogens is 302 g/mol. The zero-order valence-electron chi connectivity index (χ0n) is 11.9. The third-order valence-electron chi connectivity index (χ3n) is 2.97. The Kier molecular flexibility index (Phi) is 5.16. The lowest BCUT2D eigenvalue weighted by molar-refractivity contribution is -0.305. The highest BCUT2D eigenvalue weighted by molar-refractivity contribution is 8.18. The molecule has 0 radical (unpaired) electrons. The van der Waals surface area contributed by atoms with E-state index >= 15 is 0 Å². The number of hydrogen-bond acceptors (Lipinski definition) is 5. The number of amides is 2. The van der Waals surface area contributed by atoms with E-state index in [2.05, 4.69) is 0 Å². The lowest BCUT2D eigenvalue weighted by atomic mass is 10.1. The Morgan fingerprint density at radius 1 is 1.27 bits per heavy atom. The summed E-state index contributed by atoms with van der Waals surface area (Å²) in [6, 6.07) is 9.60. The highest BCUT2D eigenvalue weighted by Crippen LogP contribution is 2.31. The van der Waals surface area contributed by atoms with Crippen molar-refractivity contribution in [1.29, 1.82) is 0 Å². The number of thioether (sulfide) groups is 1. The molecule has 114 valence electrons. The normalized spacial score (nSPS) is 17.4. The largest absolute Gasteiger partial charge is 0.550 e. The highest BCUT2D eigenvalue weighted by atomic mass is 32.2. The molecule has 0 bridgehead atoms. The van der Waals surface area contributed by atoms with Crippen LogP contribution in [-0.4, -0.2) is 28.6 Å². The zero-order chi connectivity index (χ0) is 16.1. The van der Waals surface area contributed by atoms with Gasteiger partial charge in [-0.1, -0.05) is 36.4 Å². The molecule has 1 heterocycles. The van der Waals surface area contributed by atoms with Crippen molar-refractivity contribution in [3.05, 3.63) is 52.4 Å². The van der Waals surface area contributed by atoms with E-state index in [-0.39, 0.29) is 13.0 Å². The smallest absolute Gasteiger partial charge is 0.293 e. The van der Waals surface area contributed by atoms with Gasteiger partial charge in [-0.05, 0) is 35.9 Å². The molecule has 1 saturated heterocycles. The summed E-state index contributed by atoms with van der Waals surface area (Å²) in [7, 11) is 0. The summed E-state index contributed by atoms with van der Waals surface area (Å²) in [5.41, 5.74) is 1.82. The first-order valence-electron chi connectivity index (χ1n) is 6.66. The summed E-state index contributed by atoms with van der Waals surface area (Å²) in [5, 5.41) is 9.99. The summed E-state index contributed by atoms with van der Waals surface area (Å²) in [6.07, 6.45) is 3.18. The van der Waals surface area contributed by atoms with Gasteiger partial charge in [-0.2, -0.15) is 0 Å². The number of aliphatic carboxylic acids is 1. The van der Waals surface area contributed by atoms with Gasteiger partial charge in [-0.15, -0.1) is 0 Å². The number of hydrogen-bond donors (Lipinski definition) is 0. The van der Waals surface area contributed by atoms with E-state index in [9.17, 15) is 19.5 Å². The molecule has 0 aromatic heterocycles. The molecule has 0 unspecified atom stereocenters. The number of rotatable bonds is 5. The van der Waals surface area contributed by atoms with Gasteiger partial charge < -0.3 is 9.90 Å². The number of imide groups is 1. The summed E-state index contributed by atoms with van der Waals surface area (Å²) in [5.74, 6) is -1.75. The Bertz CT molecular complexity index is 664. The van der Waals surface area contributed by atoms with E-state index in [1.54, 1.807) is 6.08 Å². The maximum absolute atomic E-state index is 12.1. The van der Waals surface area contributed by atoms with E-state index in [0.29, 0.717) is 4.91 Å². The lowest BCUT2D eigenvalue weighted by Gasteiger charge is -2.12. The van der Waals surface area contributed by atoms with Crippen molar-refractivity contribution in [2.24, 2.45) is 0 Å². The van der Waals surface area contributed by atoms with Crippen molar-refractivity contribution in [3.63, 3.8) is 0 Å². The molecule has 1 fully saturated rings. The Morgan fingerprint density at radius 3 is 2.59 bits per heavy atom. The maximum Gasteiger partial charge on any atom is 0.293 e. The minimum Gasteiger partial charge on any atom is -0.550 e. The molecule has 0 N–H and O–H groups in total. The Hall–Kier alpha value is -2.34. The molecule has 1 aliphatic heterocycles. The van der Waals surface area contributed by atoms with Crippen molar-refractivity contribution < 1.29 is 19.5 Å². The Labute approximate surface area is 132 Å². The summed E-state index contributed by atoms with van der Waals surface area (Å²) < 4.78 is 0. The van der Waals surface area contributed by atoms with Crippen molar-refractivity contribution in [2.75, 3.05) is 6.54 Å². The third-order valence-corrected chi connectivity index (χ3v) is 3.87. The van der Waals surface area contributed by atoms with Crippen LogP contribution < -0.4 is 5.11 Å². The van der Waals surface area contributed by atoms with Gasteiger partial charge in [0.05, 0.1) is 4.91 Å². The molecule has 6 heteroatoms. The third kappa shape index (κ3) is 4.08. The Morgan fingerprint density at radius 2 is 1.95 bits per heavy atom. The second-order valence-corrected chi connectivity index (χ2v) is 5.75. The predicted octanol–water partition coefficient (Wildman–Crippen LogP) is 1.81. The van der Waals surface area contributed by atoms with Gasteiger partial charge in [-0.3, -0.25) is 14.5 Å². The Balaban J connectivity index is 2.12. The lowest BCUT2D eigenvalue weighted by Crippen LogP contribution is -2.33. The average Bonchev–Trinajstić information content (AvgIpc) is 2.72. The van der Waals surface area contributed by atoms with Gasteiger partial charge >= 0.3 is 0 Å². The molecular formula is C16H14NO4S-. The van der Waals surface area contributed by atoms with Crippen LogP contribution in [0.25, 0.3) is 6.08 Å². The average molecular weight is 316 g/mol. The number of nitrogens with zero attached hydrogens (tertiary/aromatic N) is 1. The molecule has 2 rings (SSSR count). The maximum atomic E-state index is 12.1. The first-order valence-corrected chi connectivity index (χ1v) is 7.47. The van der Waals surface area contributed by atoms with Crippen molar-refractivity contribution in [2.45, 2.75) is 13.3 Å². The molecule has 22 heavy (non-hydrogen) atoms. The molecule has 2 amide bonds. The summed E-state index contributed by atoms with van der Waals surface area (Å²) in [6.45, 7) is 1.67. The van der Waals surface area contributed by atoms with Gasteiger partial charge in [0.1, 0.15) is 0 Å². The fourth-order valence-electron chi connectivity index (χ4n) is 1.96. The van der Waals surface area contributed by atoms with E-state index < -0.39 is 17.1 Å². The quantitative estimate of drug-likeness (QED) is 0.774. The van der Waals surface area contributed by atoms with Crippen LogP contribution in [0.4, 0.5) is 4.79 Å². The van der Waals surface area contributed by atoms with Crippen LogP contribution in [0.3, 0.4) is 0 Å². The summed E-state index contributed by atoms with van der Waals surface area (Å²) >= 11 is 0.817. The molecule has 0 saturated carbocycles. The topological polar surface area (TPSA) is 77.5 Å². The zero-order valence-corrected chi connectivity index (χ0v) is 12.8. The fourth-order valence-corrected chi connectivity index (χ4v) is 2.87. The van der Waals surface area contributed by atoms with Crippen molar-refractivity contribution in [3.8, 4) is 0 Å². The SMILES string of the molecule is CC(/C=C1\SC(=O)N(CCC(=O)[O-])C1=O)=C\c1ccccc1. The van der Waals surface area contributed by atoms with E-state index in [1.165, 1.54) is 0 Å². The minimum absolute atomic E-state index is 0.161. The number of carbonyl (C=O) groups excluding carboxylic acids is 3. The summed E-state index contributed by atoms with van der Waals surface area (Å²) in [4.78, 5) is 35.5. The molecule has 0 atom stereocenters. The van der Waals surface area contributed by atoms with Crippen molar-refractivity contribution in [1.82, 2.24) is 4.90 Å². The van der Waals surface area contributed by atoms with Gasteiger partial charge in [0, 0.05) is 18.9 Å². The molecule has 0 spiro atoms. The predicted molar refractivity (Wildman–Crippen MR) is 82.5 cm³/mol. The first kappa shape index (κ1) is 16.0. The molecule has 0 aliphatic carbocycles. The molecule has 1 aromatic carbocycles. The van der Waals surface area contributed by atoms with Crippen LogP contribution in [0, 0.1) is 0 Å². The van der Waals surface area contributed by atoms with Crippen LogP contribution in [0.5, 0.6) is 0 Å². The molecule has 5 nitrogen and oxygen atoms in total. The van der Waals surface area contributed by atoms with Gasteiger partial charge in [0.2, 0.25) is 0 Å². The van der Waals surface area contributed by atoms with Crippen LogP contribution in [0.2, 0.25) is 0 Å². The minimum atomic E-state index is -1.29. The first-order chi connectivity index (χ1) is 10.5. The number of carbonyl (C=O) groups is 3. The standard InChI is InChI=1S/C16H15NO4S/c1-11(9-12-5-3-2-4-6-12)10-13-15(20)17(16(21)22-13)8-7-14(18)19/h2-6,9-10H,7-8H2,1H3,(H,18,19)/p-1/b11-9+,13-10-. The van der Waals surface area contributed by atoms with Gasteiger partial charge in [-0.25, -0.2) is 0 Å². The second kappa shape index (κ2) is 7.09. The highest BCUT2D eigenvalue weighted by Gasteiger charge is 2.34. The van der Waals surface area contributed by atoms with E-state index in [4.69, 9.17) is 0 Å². The molecule has 1 aromatic rings. The number of carboxylic acids is 1.